The number of ether oxygens (including phenoxy) is 1. The lowest BCUT2D eigenvalue weighted by Crippen LogP contribution is -2.14. The third kappa shape index (κ3) is 3.18. The first-order chi connectivity index (χ1) is 9.31. The first-order valence-corrected chi connectivity index (χ1v) is 6.79. The Morgan fingerprint density at radius 3 is 1.90 bits per heavy atom. The van der Waals surface area contributed by atoms with Gasteiger partial charge in [-0.25, -0.2) is 4.79 Å². The number of hydrogen-bond acceptors (Lipinski definition) is 3. The predicted octanol–water partition coefficient (Wildman–Crippen LogP) is 3.37. The summed E-state index contributed by atoms with van der Waals surface area (Å²) >= 11 is 0. The number of benzene rings is 1. The molecule has 110 valence electrons. The van der Waals surface area contributed by atoms with E-state index in [0.717, 1.165) is 34.2 Å². The van der Waals surface area contributed by atoms with Gasteiger partial charge in [0.25, 0.3) is 0 Å². The van der Waals surface area contributed by atoms with Gasteiger partial charge in [-0.1, -0.05) is 6.92 Å². The van der Waals surface area contributed by atoms with Crippen molar-refractivity contribution < 1.29 is 19.4 Å². The molecule has 0 saturated heterocycles. The van der Waals surface area contributed by atoms with Crippen molar-refractivity contribution in [2.75, 3.05) is 6.61 Å². The zero-order valence-corrected chi connectivity index (χ0v) is 12.8. The smallest absolute Gasteiger partial charge is 0.341 e. The molecule has 0 amide bonds. The molecule has 0 aliphatic rings. The van der Waals surface area contributed by atoms with Crippen molar-refractivity contribution in [3.8, 4) is 5.75 Å². The van der Waals surface area contributed by atoms with Crippen molar-refractivity contribution in [2.45, 2.75) is 47.5 Å². The van der Waals surface area contributed by atoms with Crippen LogP contribution in [0.3, 0.4) is 0 Å². The number of rotatable bonds is 6. The summed E-state index contributed by atoms with van der Waals surface area (Å²) in [4.78, 5) is 22.9. The van der Waals surface area contributed by atoms with Crippen LogP contribution >= 0.6 is 0 Å². The summed E-state index contributed by atoms with van der Waals surface area (Å²) < 4.78 is 5.37. The quantitative estimate of drug-likeness (QED) is 0.810. The highest BCUT2D eigenvalue weighted by Gasteiger charge is 2.20. The second-order valence-corrected chi connectivity index (χ2v) is 5.06. The predicted molar refractivity (Wildman–Crippen MR) is 77.8 cm³/mol. The van der Waals surface area contributed by atoms with E-state index in [1.807, 2.05) is 34.6 Å². The van der Waals surface area contributed by atoms with E-state index in [1.54, 1.807) is 0 Å². The lowest BCUT2D eigenvalue weighted by molar-refractivity contribution is -0.139. The van der Waals surface area contributed by atoms with Gasteiger partial charge in [0.15, 0.2) is 12.4 Å². The van der Waals surface area contributed by atoms with Gasteiger partial charge in [-0.05, 0) is 56.4 Å². The highest BCUT2D eigenvalue weighted by molar-refractivity contribution is 5.99. The molecule has 0 saturated carbocycles. The molecule has 0 aliphatic carbocycles. The van der Waals surface area contributed by atoms with E-state index in [0.29, 0.717) is 12.2 Å². The fraction of sp³-hybridized carbons (Fsp3) is 0.500. The van der Waals surface area contributed by atoms with E-state index < -0.39 is 5.97 Å². The molecule has 0 atom stereocenters. The molecule has 20 heavy (non-hydrogen) atoms. The number of hydrogen-bond donors (Lipinski definition) is 1. The molecule has 0 aromatic heterocycles. The summed E-state index contributed by atoms with van der Waals surface area (Å²) in [6.45, 7) is 9.11. The van der Waals surface area contributed by atoms with Crippen LogP contribution in [-0.4, -0.2) is 23.5 Å². The lowest BCUT2D eigenvalue weighted by atomic mass is 9.89. The van der Waals surface area contributed by atoms with Crippen LogP contribution in [0.25, 0.3) is 0 Å². The number of carboxylic acids is 1. The lowest BCUT2D eigenvalue weighted by Gasteiger charge is -2.19. The molecule has 0 aliphatic heterocycles. The van der Waals surface area contributed by atoms with Gasteiger partial charge in [-0.2, -0.15) is 0 Å². The summed E-state index contributed by atoms with van der Waals surface area (Å²) in [5.74, 6) is -0.292. The SMILES string of the molecule is CCCC(=O)c1c(C)c(C)c(OCC(=O)O)c(C)c1C. The van der Waals surface area contributed by atoms with Crippen molar-refractivity contribution in [3.05, 3.63) is 27.8 Å². The highest BCUT2D eigenvalue weighted by atomic mass is 16.5. The van der Waals surface area contributed by atoms with Crippen LogP contribution in [0.4, 0.5) is 0 Å². The largest absolute Gasteiger partial charge is 0.481 e. The summed E-state index contributed by atoms with van der Waals surface area (Å²) in [6, 6.07) is 0. The van der Waals surface area contributed by atoms with Gasteiger partial charge in [0.1, 0.15) is 5.75 Å². The molecule has 0 spiro atoms. The second-order valence-electron chi connectivity index (χ2n) is 5.06. The van der Waals surface area contributed by atoms with Crippen LogP contribution in [0.5, 0.6) is 5.75 Å². The van der Waals surface area contributed by atoms with Gasteiger partial charge in [-0.3, -0.25) is 4.79 Å². The molecular weight excluding hydrogens is 256 g/mol. The van der Waals surface area contributed by atoms with Gasteiger partial charge in [0.2, 0.25) is 0 Å². The molecule has 1 aromatic rings. The van der Waals surface area contributed by atoms with Crippen LogP contribution in [0.2, 0.25) is 0 Å². The van der Waals surface area contributed by atoms with Crippen LogP contribution < -0.4 is 4.74 Å². The molecule has 0 unspecified atom stereocenters. The fourth-order valence-electron chi connectivity index (χ4n) is 2.40. The summed E-state index contributed by atoms with van der Waals surface area (Å²) in [6.07, 6.45) is 1.34. The van der Waals surface area contributed by atoms with E-state index in [2.05, 4.69) is 0 Å². The minimum atomic E-state index is -1.01. The molecule has 1 rings (SSSR count). The number of aliphatic carboxylic acids is 1. The van der Waals surface area contributed by atoms with Crippen molar-refractivity contribution in [3.63, 3.8) is 0 Å². The van der Waals surface area contributed by atoms with Gasteiger partial charge in [0.05, 0.1) is 0 Å². The summed E-state index contributed by atoms with van der Waals surface area (Å²) in [5, 5.41) is 8.73. The zero-order chi connectivity index (χ0) is 15.4. The average Bonchev–Trinajstić information content (AvgIpc) is 2.36. The van der Waals surface area contributed by atoms with Crippen LogP contribution in [-0.2, 0) is 4.79 Å². The van der Waals surface area contributed by atoms with Crippen molar-refractivity contribution in [1.82, 2.24) is 0 Å². The number of ketones is 1. The maximum Gasteiger partial charge on any atom is 0.341 e. The van der Waals surface area contributed by atoms with Gasteiger partial charge in [-0.15, -0.1) is 0 Å². The third-order valence-corrected chi connectivity index (χ3v) is 3.65. The van der Waals surface area contributed by atoms with Crippen LogP contribution in [0.1, 0.15) is 52.4 Å². The van der Waals surface area contributed by atoms with Gasteiger partial charge in [0, 0.05) is 12.0 Å². The fourth-order valence-corrected chi connectivity index (χ4v) is 2.40. The molecule has 0 fully saturated rings. The topological polar surface area (TPSA) is 63.6 Å². The Morgan fingerprint density at radius 2 is 1.50 bits per heavy atom. The Morgan fingerprint density at radius 1 is 1.00 bits per heavy atom. The number of carboxylic acid groups (broad SMARTS) is 1. The third-order valence-electron chi connectivity index (χ3n) is 3.65. The Bertz CT molecular complexity index is 515. The molecule has 1 N–H and O–H groups in total. The summed E-state index contributed by atoms with van der Waals surface area (Å²) in [7, 11) is 0. The Kier molecular flexibility index (Phi) is 5.31. The molecule has 1 aromatic carbocycles. The standard InChI is InChI=1S/C16H22O4/c1-6-7-13(17)15-9(2)11(4)16(12(5)10(15)3)20-8-14(18)19/h6-8H2,1-5H3,(H,18,19). The molecule has 4 heteroatoms. The first kappa shape index (κ1) is 16.2. The van der Waals surface area contributed by atoms with Crippen molar-refractivity contribution >= 4 is 11.8 Å². The van der Waals surface area contributed by atoms with Crippen LogP contribution in [0.15, 0.2) is 0 Å². The van der Waals surface area contributed by atoms with E-state index in [-0.39, 0.29) is 12.4 Å². The minimum absolute atomic E-state index is 0.137. The normalized spacial score (nSPS) is 10.4. The molecule has 0 heterocycles. The average molecular weight is 278 g/mol. The van der Waals surface area contributed by atoms with Gasteiger partial charge >= 0.3 is 5.97 Å². The van der Waals surface area contributed by atoms with Crippen molar-refractivity contribution in [1.29, 1.82) is 0 Å². The number of Topliss-reactive ketones (excluding diaryl/α,β-unsaturated/α-hetero) is 1. The highest BCUT2D eigenvalue weighted by Crippen LogP contribution is 2.33. The second kappa shape index (κ2) is 6.55. The first-order valence-electron chi connectivity index (χ1n) is 6.79. The Balaban J connectivity index is 3.33. The van der Waals surface area contributed by atoms with E-state index in [9.17, 15) is 9.59 Å². The maximum absolute atomic E-state index is 12.2. The van der Waals surface area contributed by atoms with E-state index in [4.69, 9.17) is 9.84 Å². The van der Waals surface area contributed by atoms with Gasteiger partial charge < -0.3 is 9.84 Å². The molecule has 4 nitrogen and oxygen atoms in total. The van der Waals surface area contributed by atoms with E-state index >= 15 is 0 Å². The monoisotopic (exact) mass is 278 g/mol. The molecule has 0 bridgehead atoms. The zero-order valence-electron chi connectivity index (χ0n) is 12.8. The number of carbonyl (C=O) groups excluding carboxylic acids is 1. The molecular formula is C16H22O4. The van der Waals surface area contributed by atoms with E-state index in [1.165, 1.54) is 0 Å². The Labute approximate surface area is 119 Å². The minimum Gasteiger partial charge on any atom is -0.481 e. The van der Waals surface area contributed by atoms with Crippen molar-refractivity contribution in [2.24, 2.45) is 0 Å². The Hall–Kier alpha value is -1.84. The summed E-state index contributed by atoms with van der Waals surface area (Å²) in [5.41, 5.74) is 4.20. The van der Waals surface area contributed by atoms with Crippen LogP contribution in [0, 0.1) is 27.7 Å². The molecule has 0 radical (unpaired) electrons. The maximum atomic E-state index is 12.2. The number of carbonyl (C=O) groups is 2.